The lowest BCUT2D eigenvalue weighted by Gasteiger charge is -2.03. The van der Waals surface area contributed by atoms with Crippen molar-refractivity contribution >= 4 is 0 Å². The highest BCUT2D eigenvalue weighted by atomic mass is 16.5. The van der Waals surface area contributed by atoms with Crippen molar-refractivity contribution in [2.24, 2.45) is 0 Å². The predicted molar refractivity (Wildman–Crippen MR) is 54.0 cm³/mol. The van der Waals surface area contributed by atoms with Crippen LogP contribution in [-0.4, -0.2) is 5.21 Å². The average molecular weight is 169 g/mol. The largest absolute Gasteiger partial charge is 0.291 e. The van der Waals surface area contributed by atoms with Crippen LogP contribution in [0.3, 0.4) is 0 Å². The summed E-state index contributed by atoms with van der Waals surface area (Å²) in [6.45, 7) is 13.1. The first-order valence-electron chi connectivity index (χ1n) is 4.18. The molecule has 0 fully saturated rings. The van der Waals surface area contributed by atoms with Crippen molar-refractivity contribution in [1.29, 1.82) is 0 Å². The Kier molecular flexibility index (Phi) is 11.3. The third kappa shape index (κ3) is 4.74. The molecule has 0 rings (SSSR count). The number of hydroxylamine groups is 1. The monoisotopic (exact) mass is 169 g/mol. The molecule has 12 heavy (non-hydrogen) atoms. The Morgan fingerprint density at radius 1 is 1.33 bits per heavy atom. The molecule has 0 aromatic rings. The van der Waals surface area contributed by atoms with Crippen LogP contribution in [0.4, 0.5) is 0 Å². The van der Waals surface area contributed by atoms with Crippen LogP contribution < -0.4 is 5.48 Å². The van der Waals surface area contributed by atoms with Gasteiger partial charge >= 0.3 is 0 Å². The summed E-state index contributed by atoms with van der Waals surface area (Å²) in [5, 5.41) is 8.53. The molecule has 0 aromatic heterocycles. The fourth-order valence-electron chi connectivity index (χ4n) is 0.693. The first-order valence-corrected chi connectivity index (χ1v) is 4.18. The molecule has 0 unspecified atom stereocenters. The number of hydrogen-bond donors (Lipinski definition) is 2. The van der Waals surface area contributed by atoms with Gasteiger partial charge in [-0.2, -0.15) is 0 Å². The van der Waals surface area contributed by atoms with Crippen LogP contribution in [0.15, 0.2) is 36.6 Å². The van der Waals surface area contributed by atoms with Crippen LogP contribution in [0.25, 0.3) is 0 Å². The van der Waals surface area contributed by atoms with Gasteiger partial charge in [-0.25, -0.2) is 0 Å². The highest BCUT2D eigenvalue weighted by Gasteiger charge is 1.94. The highest BCUT2D eigenvalue weighted by Crippen LogP contribution is 2.06. The van der Waals surface area contributed by atoms with Gasteiger partial charge in [-0.3, -0.25) is 10.7 Å². The van der Waals surface area contributed by atoms with E-state index < -0.39 is 0 Å². The van der Waals surface area contributed by atoms with Crippen molar-refractivity contribution in [2.75, 3.05) is 0 Å². The lowest BCUT2D eigenvalue weighted by atomic mass is 10.1. The second-order valence-electron chi connectivity index (χ2n) is 1.81. The second kappa shape index (κ2) is 9.98. The fraction of sp³-hybridized carbons (Fsp3) is 0.400. The van der Waals surface area contributed by atoms with Gasteiger partial charge in [-0.1, -0.05) is 40.0 Å². The zero-order chi connectivity index (χ0) is 9.98. The molecule has 0 bridgehead atoms. The van der Waals surface area contributed by atoms with E-state index in [9.17, 15) is 0 Å². The van der Waals surface area contributed by atoms with Crippen molar-refractivity contribution in [3.63, 3.8) is 0 Å². The Hall–Kier alpha value is -1.02. The fourth-order valence-corrected chi connectivity index (χ4v) is 0.693. The molecule has 70 valence electrons. The maximum atomic E-state index is 8.53. The minimum Gasteiger partial charge on any atom is -0.291 e. The third-order valence-electron chi connectivity index (χ3n) is 1.30. The van der Waals surface area contributed by atoms with Crippen LogP contribution in [-0.2, 0) is 0 Å². The number of rotatable bonds is 4. The normalized spacial score (nSPS) is 10.3. The van der Waals surface area contributed by atoms with Crippen LogP contribution in [0, 0.1) is 0 Å². The lowest BCUT2D eigenvalue weighted by molar-refractivity contribution is 0.203. The van der Waals surface area contributed by atoms with Crippen molar-refractivity contribution in [2.45, 2.75) is 27.2 Å². The van der Waals surface area contributed by atoms with Crippen molar-refractivity contribution in [3.8, 4) is 0 Å². The minimum absolute atomic E-state index is 0.623. The summed E-state index contributed by atoms with van der Waals surface area (Å²) in [5.74, 6) is 0. The standard InChI is InChI=1S/C8H13NO.C2H6/c1-4-7(5-2)8(6-3)9-10;1-2/h4,6,9-10H,1,3,5H2,2H3;1-2H3/b8-7-;. The van der Waals surface area contributed by atoms with Crippen LogP contribution >= 0.6 is 0 Å². The van der Waals surface area contributed by atoms with Crippen molar-refractivity contribution < 1.29 is 5.21 Å². The summed E-state index contributed by atoms with van der Waals surface area (Å²) >= 11 is 0. The molecule has 0 amide bonds. The number of allylic oxidation sites excluding steroid dienone is 3. The quantitative estimate of drug-likeness (QED) is 0.501. The van der Waals surface area contributed by atoms with Gasteiger partial charge in [-0.15, -0.1) is 0 Å². The molecule has 0 saturated heterocycles. The SMILES string of the molecule is C=C/C(CC)=C(\C=C)NO.CC. The minimum atomic E-state index is 0.623. The smallest absolute Gasteiger partial charge is 0.0627 e. The summed E-state index contributed by atoms with van der Waals surface area (Å²) in [4.78, 5) is 0. The van der Waals surface area contributed by atoms with Crippen LogP contribution in [0.5, 0.6) is 0 Å². The van der Waals surface area contributed by atoms with Crippen LogP contribution in [0.1, 0.15) is 27.2 Å². The van der Waals surface area contributed by atoms with E-state index in [1.165, 1.54) is 0 Å². The lowest BCUT2D eigenvalue weighted by Crippen LogP contribution is -2.06. The van der Waals surface area contributed by atoms with Gasteiger partial charge in [0.25, 0.3) is 0 Å². The highest BCUT2D eigenvalue weighted by molar-refractivity contribution is 5.28. The topological polar surface area (TPSA) is 32.3 Å². The van der Waals surface area contributed by atoms with E-state index in [-0.39, 0.29) is 0 Å². The molecule has 2 heteroatoms. The van der Waals surface area contributed by atoms with E-state index in [1.54, 1.807) is 12.2 Å². The van der Waals surface area contributed by atoms with Gasteiger partial charge in [0.2, 0.25) is 0 Å². The molecule has 2 nitrogen and oxygen atoms in total. The summed E-state index contributed by atoms with van der Waals surface area (Å²) in [6.07, 6.45) is 4.08. The molecule has 0 saturated carbocycles. The Morgan fingerprint density at radius 2 is 1.83 bits per heavy atom. The molecule has 0 atom stereocenters. The average Bonchev–Trinajstić information content (AvgIpc) is 2.17. The molecular formula is C10H19NO. The molecule has 0 heterocycles. The van der Waals surface area contributed by atoms with E-state index in [1.807, 2.05) is 26.3 Å². The van der Waals surface area contributed by atoms with Gasteiger partial charge in [0, 0.05) is 0 Å². The zero-order valence-corrected chi connectivity index (χ0v) is 8.22. The number of hydrogen-bond acceptors (Lipinski definition) is 2. The summed E-state index contributed by atoms with van der Waals surface area (Å²) in [5.41, 5.74) is 3.62. The maximum Gasteiger partial charge on any atom is 0.0627 e. The van der Waals surface area contributed by atoms with Crippen molar-refractivity contribution in [3.05, 3.63) is 36.6 Å². The molecule has 0 radical (unpaired) electrons. The Morgan fingerprint density at radius 3 is 1.92 bits per heavy atom. The van der Waals surface area contributed by atoms with Gasteiger partial charge in [-0.05, 0) is 18.1 Å². The van der Waals surface area contributed by atoms with Crippen molar-refractivity contribution in [1.82, 2.24) is 5.48 Å². The molecule has 0 aliphatic rings. The molecular weight excluding hydrogens is 150 g/mol. The first kappa shape index (κ1) is 13.6. The van der Waals surface area contributed by atoms with E-state index in [0.29, 0.717) is 5.70 Å². The van der Waals surface area contributed by atoms with Gasteiger partial charge in [0.05, 0.1) is 5.70 Å². The Labute approximate surface area is 75.3 Å². The Balaban J connectivity index is 0. The summed E-state index contributed by atoms with van der Waals surface area (Å²) in [6, 6.07) is 0. The van der Waals surface area contributed by atoms with E-state index in [0.717, 1.165) is 12.0 Å². The van der Waals surface area contributed by atoms with E-state index in [2.05, 4.69) is 13.2 Å². The number of nitrogens with one attached hydrogen (secondary N) is 1. The zero-order valence-electron chi connectivity index (χ0n) is 8.22. The Bertz CT molecular complexity index is 141. The third-order valence-corrected chi connectivity index (χ3v) is 1.30. The van der Waals surface area contributed by atoms with E-state index >= 15 is 0 Å². The van der Waals surface area contributed by atoms with Crippen LogP contribution in [0.2, 0.25) is 0 Å². The van der Waals surface area contributed by atoms with E-state index in [4.69, 9.17) is 5.21 Å². The maximum absolute atomic E-state index is 8.53. The molecule has 0 aromatic carbocycles. The van der Waals surface area contributed by atoms with Gasteiger partial charge < -0.3 is 0 Å². The first-order chi connectivity index (χ1) is 5.79. The predicted octanol–water partition coefficient (Wildman–Crippen LogP) is 3.03. The van der Waals surface area contributed by atoms with Gasteiger partial charge in [0.15, 0.2) is 0 Å². The molecule has 0 aliphatic carbocycles. The molecule has 0 aliphatic heterocycles. The molecule has 2 N–H and O–H groups in total. The van der Waals surface area contributed by atoms with Gasteiger partial charge in [0.1, 0.15) is 0 Å². The summed E-state index contributed by atoms with van der Waals surface area (Å²) in [7, 11) is 0. The molecule has 0 spiro atoms. The summed E-state index contributed by atoms with van der Waals surface area (Å²) < 4.78 is 0. The second-order valence-corrected chi connectivity index (χ2v) is 1.81.